The fourth-order valence-electron chi connectivity index (χ4n) is 2.38. The van der Waals surface area contributed by atoms with E-state index in [-0.39, 0.29) is 13.2 Å². The van der Waals surface area contributed by atoms with E-state index in [0.29, 0.717) is 37.1 Å². The highest BCUT2D eigenvalue weighted by Gasteiger charge is 2.36. The number of H-pyrrole nitrogens is 1. The molecule has 1 aromatic rings. The summed E-state index contributed by atoms with van der Waals surface area (Å²) in [7, 11) is -3.35. The van der Waals surface area contributed by atoms with Crippen LogP contribution in [-0.4, -0.2) is 29.4 Å². The minimum absolute atomic E-state index is 0.271. The number of allylic oxidation sites excluding steroid dienone is 1. The zero-order valence-corrected chi connectivity index (χ0v) is 14.1. The third-order valence-corrected chi connectivity index (χ3v) is 5.67. The number of ether oxygens (including phenoxy) is 1. The van der Waals surface area contributed by atoms with Crippen LogP contribution in [-0.2, 0) is 24.9 Å². The molecule has 0 atom stereocenters. The van der Waals surface area contributed by atoms with Gasteiger partial charge in [-0.1, -0.05) is 0 Å². The highest BCUT2D eigenvalue weighted by Crippen LogP contribution is 2.60. The van der Waals surface area contributed by atoms with Crippen molar-refractivity contribution in [3.05, 3.63) is 44.2 Å². The van der Waals surface area contributed by atoms with Crippen molar-refractivity contribution in [3.63, 3.8) is 0 Å². The standard InChI is InChI=1S/C14H21N2O6P/c1-3-21-23(19,22-4-2)12-7-10-20-11(12)5-8-16-9-6-13(17)15-14(16)18/h6,9H,3-5,7-8,10H2,1-2H3,(H,15,17,18). The van der Waals surface area contributed by atoms with E-state index in [1.165, 1.54) is 16.8 Å². The molecule has 2 heterocycles. The average Bonchev–Trinajstić information content (AvgIpc) is 2.96. The van der Waals surface area contributed by atoms with Crippen LogP contribution in [0.25, 0.3) is 0 Å². The summed E-state index contributed by atoms with van der Waals surface area (Å²) in [4.78, 5) is 24.9. The lowest BCUT2D eigenvalue weighted by Crippen LogP contribution is -2.28. The van der Waals surface area contributed by atoms with Crippen molar-refractivity contribution >= 4 is 7.60 Å². The van der Waals surface area contributed by atoms with E-state index < -0.39 is 18.8 Å². The van der Waals surface area contributed by atoms with Gasteiger partial charge in [-0.25, -0.2) is 4.79 Å². The number of nitrogens with one attached hydrogen (secondary N) is 1. The molecule has 128 valence electrons. The van der Waals surface area contributed by atoms with Gasteiger partial charge in [0, 0.05) is 31.6 Å². The minimum atomic E-state index is -3.35. The Morgan fingerprint density at radius 2 is 2.00 bits per heavy atom. The molecule has 9 heteroatoms. The Morgan fingerprint density at radius 1 is 1.30 bits per heavy atom. The van der Waals surface area contributed by atoms with Gasteiger partial charge in [-0.2, -0.15) is 0 Å². The van der Waals surface area contributed by atoms with Gasteiger partial charge in [0.1, 0.15) is 5.76 Å². The second-order valence-corrected chi connectivity index (χ2v) is 6.91. The largest absolute Gasteiger partial charge is 0.497 e. The first kappa shape index (κ1) is 17.7. The van der Waals surface area contributed by atoms with Gasteiger partial charge in [0.2, 0.25) is 0 Å². The molecule has 0 saturated carbocycles. The van der Waals surface area contributed by atoms with Crippen molar-refractivity contribution in [3.8, 4) is 0 Å². The third-order valence-electron chi connectivity index (χ3n) is 3.34. The van der Waals surface area contributed by atoms with E-state index in [0.717, 1.165) is 0 Å². The maximum atomic E-state index is 12.9. The van der Waals surface area contributed by atoms with E-state index in [9.17, 15) is 14.2 Å². The Balaban J connectivity index is 2.20. The molecule has 1 aliphatic heterocycles. The molecule has 23 heavy (non-hydrogen) atoms. The summed E-state index contributed by atoms with van der Waals surface area (Å²) in [6.07, 6.45) is 2.26. The molecule has 0 amide bonds. The number of aromatic amines is 1. The molecule has 0 fully saturated rings. The lowest BCUT2D eigenvalue weighted by Gasteiger charge is -2.18. The molecule has 0 radical (unpaired) electrons. The number of hydrogen-bond acceptors (Lipinski definition) is 6. The predicted molar refractivity (Wildman–Crippen MR) is 84.4 cm³/mol. The SMILES string of the molecule is CCOP(=O)(OCC)C1=C(CCn2ccc(=O)[nH]c2=O)OCC1. The van der Waals surface area contributed by atoms with Crippen LogP contribution in [0.5, 0.6) is 0 Å². The van der Waals surface area contributed by atoms with Crippen LogP contribution in [0.3, 0.4) is 0 Å². The Morgan fingerprint density at radius 3 is 2.61 bits per heavy atom. The number of rotatable bonds is 8. The van der Waals surface area contributed by atoms with Crippen LogP contribution in [0.15, 0.2) is 32.9 Å². The van der Waals surface area contributed by atoms with Crippen LogP contribution >= 0.6 is 7.60 Å². The number of aromatic nitrogens is 2. The summed E-state index contributed by atoms with van der Waals surface area (Å²) < 4.78 is 30.5. The lowest BCUT2D eigenvalue weighted by molar-refractivity contribution is 0.224. The summed E-state index contributed by atoms with van der Waals surface area (Å²) in [5.41, 5.74) is -0.934. The van der Waals surface area contributed by atoms with Crippen molar-refractivity contribution in [2.24, 2.45) is 0 Å². The highest BCUT2D eigenvalue weighted by atomic mass is 31.2. The molecule has 0 aliphatic carbocycles. The maximum Gasteiger partial charge on any atom is 0.360 e. The van der Waals surface area contributed by atoms with Crippen LogP contribution in [0.4, 0.5) is 0 Å². The van der Waals surface area contributed by atoms with Crippen LogP contribution in [0.1, 0.15) is 26.7 Å². The van der Waals surface area contributed by atoms with Gasteiger partial charge in [0.05, 0.1) is 25.1 Å². The molecule has 1 N–H and O–H groups in total. The van der Waals surface area contributed by atoms with Crippen molar-refractivity contribution < 1.29 is 18.3 Å². The monoisotopic (exact) mass is 344 g/mol. The van der Waals surface area contributed by atoms with E-state index in [1.807, 2.05) is 0 Å². The Labute approximate surface area is 133 Å². The van der Waals surface area contributed by atoms with E-state index in [4.69, 9.17) is 13.8 Å². The van der Waals surface area contributed by atoms with Crippen LogP contribution in [0, 0.1) is 0 Å². The second-order valence-electron chi connectivity index (χ2n) is 4.85. The maximum absolute atomic E-state index is 12.9. The van der Waals surface area contributed by atoms with Gasteiger partial charge < -0.3 is 18.4 Å². The van der Waals surface area contributed by atoms with Crippen LogP contribution in [0.2, 0.25) is 0 Å². The fraction of sp³-hybridized carbons (Fsp3) is 0.571. The van der Waals surface area contributed by atoms with E-state index in [2.05, 4.69) is 4.98 Å². The summed E-state index contributed by atoms with van der Waals surface area (Å²) in [6.45, 7) is 4.76. The molecule has 1 aromatic heterocycles. The highest BCUT2D eigenvalue weighted by molar-refractivity contribution is 7.58. The Hall–Kier alpha value is -1.63. The molecular weight excluding hydrogens is 323 g/mol. The molecule has 0 saturated heterocycles. The molecule has 1 aliphatic rings. The smallest absolute Gasteiger partial charge is 0.360 e. The van der Waals surface area contributed by atoms with Gasteiger partial charge in [0.15, 0.2) is 0 Å². The van der Waals surface area contributed by atoms with Gasteiger partial charge in [-0.3, -0.25) is 14.3 Å². The Kier molecular flexibility index (Phi) is 5.98. The number of hydrogen-bond donors (Lipinski definition) is 1. The number of aryl methyl sites for hydroxylation is 1. The zero-order valence-electron chi connectivity index (χ0n) is 13.2. The molecule has 8 nitrogen and oxygen atoms in total. The molecule has 0 spiro atoms. The van der Waals surface area contributed by atoms with Gasteiger partial charge in [-0.15, -0.1) is 0 Å². The molecular formula is C14H21N2O6P. The average molecular weight is 344 g/mol. The summed E-state index contributed by atoms with van der Waals surface area (Å²) in [6, 6.07) is 1.28. The Bertz CT molecular complexity index is 725. The summed E-state index contributed by atoms with van der Waals surface area (Å²) in [5.74, 6) is 0.535. The third kappa shape index (κ3) is 4.22. The predicted octanol–water partition coefficient (Wildman–Crippen LogP) is 1.82. The quantitative estimate of drug-likeness (QED) is 0.722. The second kappa shape index (κ2) is 7.77. The molecule has 2 rings (SSSR count). The first-order valence-electron chi connectivity index (χ1n) is 7.54. The molecule has 0 unspecified atom stereocenters. The lowest BCUT2D eigenvalue weighted by atomic mass is 10.3. The topological polar surface area (TPSA) is 99.6 Å². The molecule has 0 aromatic carbocycles. The van der Waals surface area contributed by atoms with E-state index >= 15 is 0 Å². The fourth-order valence-corrected chi connectivity index (χ4v) is 4.29. The first-order valence-corrected chi connectivity index (χ1v) is 9.08. The zero-order chi connectivity index (χ0) is 16.9. The van der Waals surface area contributed by atoms with E-state index in [1.54, 1.807) is 13.8 Å². The van der Waals surface area contributed by atoms with Crippen molar-refractivity contribution in [1.29, 1.82) is 0 Å². The van der Waals surface area contributed by atoms with Gasteiger partial charge in [0.25, 0.3) is 5.56 Å². The number of nitrogens with zero attached hydrogens (tertiary/aromatic N) is 1. The van der Waals surface area contributed by atoms with Gasteiger partial charge >= 0.3 is 13.3 Å². The van der Waals surface area contributed by atoms with Crippen LogP contribution < -0.4 is 11.2 Å². The van der Waals surface area contributed by atoms with Crippen molar-refractivity contribution in [1.82, 2.24) is 9.55 Å². The van der Waals surface area contributed by atoms with Gasteiger partial charge in [-0.05, 0) is 13.8 Å². The first-order chi connectivity index (χ1) is 11.0. The van der Waals surface area contributed by atoms with Crippen molar-refractivity contribution in [2.45, 2.75) is 33.2 Å². The molecule has 0 bridgehead atoms. The normalized spacial score (nSPS) is 15.0. The summed E-state index contributed by atoms with van der Waals surface area (Å²) in [5, 5.41) is 0.540. The summed E-state index contributed by atoms with van der Waals surface area (Å²) >= 11 is 0. The van der Waals surface area contributed by atoms with Crippen molar-refractivity contribution in [2.75, 3.05) is 19.8 Å². The minimum Gasteiger partial charge on any atom is -0.497 e.